The standard InChI is InChI=1S/C15H17NO3/c1-2-12-8-9-14(19-12)15(18)16-13(10-17)11-6-4-3-5-7-11/h3-9,13,17H,2,10H2,1H3,(H,16,18)/t13-/m0/s1. The molecule has 1 aromatic carbocycles. The minimum atomic E-state index is -0.427. The second-order valence-electron chi connectivity index (χ2n) is 4.24. The maximum atomic E-state index is 12.0. The molecule has 100 valence electrons. The van der Waals surface area contributed by atoms with Gasteiger partial charge in [0.2, 0.25) is 0 Å². The fourth-order valence-corrected chi connectivity index (χ4v) is 1.84. The van der Waals surface area contributed by atoms with Crippen LogP contribution in [0.3, 0.4) is 0 Å². The van der Waals surface area contributed by atoms with Crippen LogP contribution in [0.15, 0.2) is 46.9 Å². The van der Waals surface area contributed by atoms with Gasteiger partial charge in [0.25, 0.3) is 5.91 Å². The number of carbonyl (C=O) groups is 1. The van der Waals surface area contributed by atoms with Crippen molar-refractivity contribution in [2.24, 2.45) is 0 Å². The molecule has 0 spiro atoms. The van der Waals surface area contributed by atoms with Crippen LogP contribution in [0.1, 0.15) is 34.8 Å². The Morgan fingerprint density at radius 1 is 1.26 bits per heavy atom. The number of aliphatic hydroxyl groups is 1. The first-order valence-electron chi connectivity index (χ1n) is 6.30. The first-order valence-corrected chi connectivity index (χ1v) is 6.30. The number of aryl methyl sites for hydroxylation is 1. The number of hydrogen-bond donors (Lipinski definition) is 2. The van der Waals surface area contributed by atoms with Crippen LogP contribution in [0.4, 0.5) is 0 Å². The molecule has 2 rings (SSSR count). The summed E-state index contributed by atoms with van der Waals surface area (Å²) in [6.07, 6.45) is 0.745. The van der Waals surface area contributed by atoms with Gasteiger partial charge >= 0.3 is 0 Å². The second kappa shape index (κ2) is 6.20. The highest BCUT2D eigenvalue weighted by atomic mass is 16.3. The Morgan fingerprint density at radius 3 is 2.58 bits per heavy atom. The molecule has 0 bridgehead atoms. The third-order valence-electron chi connectivity index (χ3n) is 2.92. The summed E-state index contributed by atoms with van der Waals surface area (Å²) in [5.41, 5.74) is 0.862. The number of rotatable bonds is 5. The van der Waals surface area contributed by atoms with Gasteiger partial charge in [0.05, 0.1) is 12.6 Å². The zero-order valence-corrected chi connectivity index (χ0v) is 10.8. The van der Waals surface area contributed by atoms with Crippen LogP contribution in [-0.4, -0.2) is 17.6 Å². The summed E-state index contributed by atoms with van der Waals surface area (Å²) in [6, 6.07) is 12.3. The molecular formula is C15H17NO3. The lowest BCUT2D eigenvalue weighted by Crippen LogP contribution is -2.30. The van der Waals surface area contributed by atoms with Gasteiger partial charge in [-0.2, -0.15) is 0 Å². The molecule has 1 amide bonds. The average Bonchev–Trinajstić information content (AvgIpc) is 2.94. The van der Waals surface area contributed by atoms with Gasteiger partial charge in [-0.1, -0.05) is 37.3 Å². The van der Waals surface area contributed by atoms with Gasteiger partial charge in [0, 0.05) is 6.42 Å². The van der Waals surface area contributed by atoms with E-state index in [0.29, 0.717) is 0 Å². The first-order chi connectivity index (χ1) is 9.24. The lowest BCUT2D eigenvalue weighted by atomic mass is 10.1. The highest BCUT2D eigenvalue weighted by molar-refractivity contribution is 5.91. The zero-order chi connectivity index (χ0) is 13.7. The summed E-state index contributed by atoms with van der Waals surface area (Å²) in [5.74, 6) is 0.722. The molecule has 1 heterocycles. The van der Waals surface area contributed by atoms with E-state index in [1.165, 1.54) is 0 Å². The van der Waals surface area contributed by atoms with E-state index in [-0.39, 0.29) is 18.3 Å². The first kappa shape index (κ1) is 13.4. The van der Waals surface area contributed by atoms with Gasteiger partial charge in [-0.15, -0.1) is 0 Å². The quantitative estimate of drug-likeness (QED) is 0.866. The van der Waals surface area contributed by atoms with Crippen molar-refractivity contribution in [2.75, 3.05) is 6.61 Å². The number of amides is 1. The largest absolute Gasteiger partial charge is 0.456 e. The van der Waals surface area contributed by atoms with Gasteiger partial charge < -0.3 is 14.8 Å². The van der Waals surface area contributed by atoms with E-state index in [2.05, 4.69) is 5.32 Å². The number of furan rings is 1. The molecule has 4 heteroatoms. The third kappa shape index (κ3) is 3.23. The summed E-state index contributed by atoms with van der Waals surface area (Å²) >= 11 is 0. The Hall–Kier alpha value is -2.07. The molecule has 2 aromatic rings. The molecule has 0 aliphatic carbocycles. The van der Waals surface area contributed by atoms with Crippen molar-refractivity contribution < 1.29 is 14.3 Å². The van der Waals surface area contributed by atoms with Gasteiger partial charge in [-0.3, -0.25) is 4.79 Å². The predicted molar refractivity (Wildman–Crippen MR) is 71.8 cm³/mol. The van der Waals surface area contributed by atoms with Crippen LogP contribution in [0.2, 0.25) is 0 Å². The van der Waals surface area contributed by atoms with Gasteiger partial charge in [-0.05, 0) is 17.7 Å². The Labute approximate surface area is 112 Å². The maximum absolute atomic E-state index is 12.0. The fourth-order valence-electron chi connectivity index (χ4n) is 1.84. The molecule has 0 aliphatic rings. The minimum absolute atomic E-state index is 0.156. The lowest BCUT2D eigenvalue weighted by molar-refractivity contribution is 0.0886. The van der Waals surface area contributed by atoms with Crippen LogP contribution in [0.5, 0.6) is 0 Å². The Kier molecular flexibility index (Phi) is 4.36. The molecule has 0 radical (unpaired) electrons. The van der Waals surface area contributed by atoms with E-state index >= 15 is 0 Å². The fraction of sp³-hybridized carbons (Fsp3) is 0.267. The summed E-state index contributed by atoms with van der Waals surface area (Å²) in [6.45, 7) is 1.80. The summed E-state index contributed by atoms with van der Waals surface area (Å²) in [4.78, 5) is 12.0. The SMILES string of the molecule is CCc1ccc(C(=O)N[C@@H](CO)c2ccccc2)o1. The number of hydrogen-bond acceptors (Lipinski definition) is 3. The molecule has 0 unspecified atom stereocenters. The van der Waals surface area contributed by atoms with E-state index in [1.54, 1.807) is 12.1 Å². The topological polar surface area (TPSA) is 62.5 Å². The monoisotopic (exact) mass is 259 g/mol. The molecule has 0 aliphatic heterocycles. The van der Waals surface area contributed by atoms with Crippen molar-refractivity contribution >= 4 is 5.91 Å². The third-order valence-corrected chi connectivity index (χ3v) is 2.92. The molecule has 2 N–H and O–H groups in total. The molecule has 0 saturated heterocycles. The van der Waals surface area contributed by atoms with Gasteiger partial charge in [0.15, 0.2) is 5.76 Å². The molecule has 1 atom stereocenters. The number of benzene rings is 1. The van der Waals surface area contributed by atoms with E-state index in [0.717, 1.165) is 17.7 Å². The van der Waals surface area contributed by atoms with Crippen molar-refractivity contribution in [3.8, 4) is 0 Å². The molecule has 0 fully saturated rings. The minimum Gasteiger partial charge on any atom is -0.456 e. The summed E-state index contributed by atoms with van der Waals surface area (Å²) in [7, 11) is 0. The Morgan fingerprint density at radius 2 is 2.00 bits per heavy atom. The highest BCUT2D eigenvalue weighted by Crippen LogP contribution is 2.14. The smallest absolute Gasteiger partial charge is 0.287 e. The Balaban J connectivity index is 2.08. The van der Waals surface area contributed by atoms with Crippen molar-refractivity contribution in [2.45, 2.75) is 19.4 Å². The zero-order valence-electron chi connectivity index (χ0n) is 10.8. The highest BCUT2D eigenvalue weighted by Gasteiger charge is 2.17. The van der Waals surface area contributed by atoms with Crippen molar-refractivity contribution in [1.82, 2.24) is 5.32 Å². The summed E-state index contributed by atoms with van der Waals surface area (Å²) < 4.78 is 5.38. The normalized spacial score (nSPS) is 12.1. The van der Waals surface area contributed by atoms with Crippen molar-refractivity contribution in [1.29, 1.82) is 0 Å². The van der Waals surface area contributed by atoms with Crippen molar-refractivity contribution in [3.05, 3.63) is 59.5 Å². The molecule has 19 heavy (non-hydrogen) atoms. The van der Waals surface area contributed by atoms with Crippen LogP contribution < -0.4 is 5.32 Å². The van der Waals surface area contributed by atoms with Gasteiger partial charge in [-0.25, -0.2) is 0 Å². The molecule has 1 aromatic heterocycles. The van der Waals surface area contributed by atoms with Crippen LogP contribution in [0.25, 0.3) is 0 Å². The average molecular weight is 259 g/mol. The maximum Gasteiger partial charge on any atom is 0.287 e. The number of aliphatic hydroxyl groups excluding tert-OH is 1. The Bertz CT molecular complexity index is 533. The van der Waals surface area contributed by atoms with Crippen LogP contribution in [0, 0.1) is 0 Å². The lowest BCUT2D eigenvalue weighted by Gasteiger charge is -2.15. The molecule has 0 saturated carbocycles. The van der Waals surface area contributed by atoms with E-state index < -0.39 is 6.04 Å². The summed E-state index contributed by atoms with van der Waals surface area (Å²) in [5, 5.41) is 12.1. The van der Waals surface area contributed by atoms with Crippen LogP contribution >= 0.6 is 0 Å². The van der Waals surface area contributed by atoms with Crippen molar-refractivity contribution in [3.63, 3.8) is 0 Å². The van der Waals surface area contributed by atoms with Crippen LogP contribution in [-0.2, 0) is 6.42 Å². The van der Waals surface area contributed by atoms with E-state index in [9.17, 15) is 9.90 Å². The molecule has 4 nitrogen and oxygen atoms in total. The van der Waals surface area contributed by atoms with E-state index in [4.69, 9.17) is 4.42 Å². The van der Waals surface area contributed by atoms with Gasteiger partial charge in [0.1, 0.15) is 5.76 Å². The number of nitrogens with one attached hydrogen (secondary N) is 1. The predicted octanol–water partition coefficient (Wildman–Crippen LogP) is 2.31. The molecular weight excluding hydrogens is 242 g/mol. The second-order valence-corrected chi connectivity index (χ2v) is 4.24. The van der Waals surface area contributed by atoms with E-state index in [1.807, 2.05) is 37.3 Å². The number of carbonyl (C=O) groups excluding carboxylic acids is 1.